The van der Waals surface area contributed by atoms with Gasteiger partial charge in [0.2, 0.25) is 0 Å². The van der Waals surface area contributed by atoms with Crippen LogP contribution in [0, 0.1) is 6.92 Å². The van der Waals surface area contributed by atoms with E-state index in [9.17, 15) is 4.79 Å². The Bertz CT molecular complexity index is 879. The van der Waals surface area contributed by atoms with E-state index in [0.717, 1.165) is 29.7 Å². The number of rotatable bonds is 8. The lowest BCUT2D eigenvalue weighted by Crippen LogP contribution is -2.08. The Labute approximate surface area is 166 Å². The maximum absolute atomic E-state index is 12.4. The first-order chi connectivity index (χ1) is 13.7. The number of carbonyl (C=O) groups is 1. The first kappa shape index (κ1) is 19.7. The fourth-order valence-corrected chi connectivity index (χ4v) is 2.86. The van der Waals surface area contributed by atoms with E-state index in [0.29, 0.717) is 17.9 Å². The van der Waals surface area contributed by atoms with Crippen LogP contribution in [0.3, 0.4) is 0 Å². The van der Waals surface area contributed by atoms with Gasteiger partial charge in [-0.2, -0.15) is 0 Å². The zero-order valence-electron chi connectivity index (χ0n) is 16.5. The Morgan fingerprint density at radius 2 is 1.32 bits per heavy atom. The average molecular weight is 374 g/mol. The molecule has 0 heterocycles. The molecule has 0 N–H and O–H groups in total. The Balaban J connectivity index is 1.57. The molecule has 0 unspecified atom stereocenters. The molecule has 0 saturated heterocycles. The summed E-state index contributed by atoms with van der Waals surface area (Å²) < 4.78 is 11.2. The summed E-state index contributed by atoms with van der Waals surface area (Å²) in [5.74, 6) is 0.927. The summed E-state index contributed by atoms with van der Waals surface area (Å²) in [5.41, 5.74) is 3.96. The smallest absolute Gasteiger partial charge is 0.343 e. The molecule has 3 heteroatoms. The molecule has 3 rings (SSSR count). The van der Waals surface area contributed by atoms with Crippen LogP contribution in [-0.4, -0.2) is 12.6 Å². The maximum Gasteiger partial charge on any atom is 0.343 e. The molecule has 3 nitrogen and oxygen atoms in total. The molecule has 3 aromatic carbocycles. The largest absolute Gasteiger partial charge is 0.494 e. The van der Waals surface area contributed by atoms with Crippen LogP contribution in [0.1, 0.15) is 42.1 Å². The van der Waals surface area contributed by atoms with Crippen molar-refractivity contribution < 1.29 is 14.3 Å². The predicted octanol–water partition coefficient (Wildman–Crippen LogP) is 6.45. The molecule has 144 valence electrons. The van der Waals surface area contributed by atoms with Crippen molar-refractivity contribution in [3.05, 3.63) is 83.9 Å². The average Bonchev–Trinajstić information content (AvgIpc) is 2.73. The van der Waals surface area contributed by atoms with Gasteiger partial charge in [-0.25, -0.2) is 4.79 Å². The Hall–Kier alpha value is -3.07. The number of hydrogen-bond acceptors (Lipinski definition) is 3. The monoisotopic (exact) mass is 374 g/mol. The van der Waals surface area contributed by atoms with Crippen molar-refractivity contribution in [1.29, 1.82) is 0 Å². The molecule has 0 aromatic heterocycles. The van der Waals surface area contributed by atoms with Gasteiger partial charge in [-0.05, 0) is 60.9 Å². The summed E-state index contributed by atoms with van der Waals surface area (Å²) in [6.45, 7) is 4.93. The minimum Gasteiger partial charge on any atom is -0.494 e. The zero-order chi connectivity index (χ0) is 19.8. The van der Waals surface area contributed by atoms with E-state index in [1.165, 1.54) is 12.0 Å². The number of unbranched alkanes of at least 4 members (excludes halogenated alkanes) is 2. The van der Waals surface area contributed by atoms with E-state index >= 15 is 0 Å². The van der Waals surface area contributed by atoms with Crippen molar-refractivity contribution in [2.75, 3.05) is 6.61 Å². The van der Waals surface area contributed by atoms with E-state index in [-0.39, 0.29) is 5.97 Å². The lowest BCUT2D eigenvalue weighted by molar-refractivity contribution is 0.0734. The van der Waals surface area contributed by atoms with Crippen molar-refractivity contribution in [2.45, 2.75) is 33.1 Å². The Morgan fingerprint density at radius 3 is 1.93 bits per heavy atom. The van der Waals surface area contributed by atoms with Crippen molar-refractivity contribution in [3.63, 3.8) is 0 Å². The van der Waals surface area contributed by atoms with Gasteiger partial charge >= 0.3 is 5.97 Å². The Kier molecular flexibility index (Phi) is 6.85. The Morgan fingerprint density at radius 1 is 0.750 bits per heavy atom. The highest BCUT2D eigenvalue weighted by molar-refractivity contribution is 5.91. The van der Waals surface area contributed by atoms with Gasteiger partial charge in [0.05, 0.1) is 12.2 Å². The normalized spacial score (nSPS) is 10.5. The van der Waals surface area contributed by atoms with Crippen molar-refractivity contribution in [2.24, 2.45) is 0 Å². The second-order valence-electron chi connectivity index (χ2n) is 6.86. The minimum atomic E-state index is -0.374. The van der Waals surface area contributed by atoms with Crippen LogP contribution in [0.15, 0.2) is 72.8 Å². The second-order valence-corrected chi connectivity index (χ2v) is 6.86. The summed E-state index contributed by atoms with van der Waals surface area (Å²) in [4.78, 5) is 12.4. The van der Waals surface area contributed by atoms with E-state index < -0.39 is 0 Å². The summed E-state index contributed by atoms with van der Waals surface area (Å²) in [7, 11) is 0. The predicted molar refractivity (Wildman–Crippen MR) is 113 cm³/mol. The third-order valence-electron chi connectivity index (χ3n) is 4.56. The molecule has 0 aliphatic heterocycles. The minimum absolute atomic E-state index is 0.374. The quantitative estimate of drug-likeness (QED) is 0.258. The number of aryl methyl sites for hydroxylation is 1. The molecule has 3 aromatic rings. The fraction of sp³-hybridized carbons (Fsp3) is 0.240. The second kappa shape index (κ2) is 9.75. The molecule has 0 fully saturated rings. The number of hydrogen-bond donors (Lipinski definition) is 0. The van der Waals surface area contributed by atoms with Crippen molar-refractivity contribution in [1.82, 2.24) is 0 Å². The van der Waals surface area contributed by atoms with Crippen LogP contribution in [0.4, 0.5) is 0 Å². The van der Waals surface area contributed by atoms with Gasteiger partial charge in [-0.1, -0.05) is 61.7 Å². The molecule has 28 heavy (non-hydrogen) atoms. The van der Waals surface area contributed by atoms with Gasteiger partial charge in [-0.3, -0.25) is 0 Å². The van der Waals surface area contributed by atoms with Gasteiger partial charge in [0.15, 0.2) is 0 Å². The van der Waals surface area contributed by atoms with Crippen molar-refractivity contribution in [3.8, 4) is 22.6 Å². The van der Waals surface area contributed by atoms with Gasteiger partial charge in [0, 0.05) is 0 Å². The molecule has 0 spiro atoms. The highest BCUT2D eigenvalue weighted by Gasteiger charge is 2.09. The summed E-state index contributed by atoms with van der Waals surface area (Å²) in [6.07, 6.45) is 3.37. The zero-order valence-corrected chi connectivity index (χ0v) is 16.5. The van der Waals surface area contributed by atoms with Gasteiger partial charge in [0.1, 0.15) is 11.5 Å². The molecule has 0 aliphatic rings. The van der Waals surface area contributed by atoms with E-state index in [2.05, 4.69) is 38.1 Å². The number of carbonyl (C=O) groups excluding carboxylic acids is 1. The fourth-order valence-electron chi connectivity index (χ4n) is 2.86. The molecule has 0 amide bonds. The molecule has 0 atom stereocenters. The molecular formula is C25H26O3. The van der Waals surface area contributed by atoms with Gasteiger partial charge in [-0.15, -0.1) is 0 Å². The van der Waals surface area contributed by atoms with Crippen LogP contribution in [0.25, 0.3) is 11.1 Å². The topological polar surface area (TPSA) is 35.5 Å². The van der Waals surface area contributed by atoms with Crippen LogP contribution in [-0.2, 0) is 0 Å². The van der Waals surface area contributed by atoms with Crippen LogP contribution < -0.4 is 9.47 Å². The lowest BCUT2D eigenvalue weighted by Gasteiger charge is -2.08. The third kappa shape index (κ3) is 5.46. The van der Waals surface area contributed by atoms with E-state index in [4.69, 9.17) is 9.47 Å². The standard InChI is InChI=1S/C25H26O3/c1-3-4-5-18-27-23-14-12-22(13-15-23)25(26)28-24-16-10-21(11-17-24)20-8-6-19(2)7-9-20/h6-17H,3-5,18H2,1-2H3. The van der Waals surface area contributed by atoms with Gasteiger partial charge in [0.25, 0.3) is 0 Å². The van der Waals surface area contributed by atoms with Crippen LogP contribution in [0.5, 0.6) is 11.5 Å². The molecule has 0 saturated carbocycles. The SMILES string of the molecule is CCCCCOc1ccc(C(=O)Oc2ccc(-c3ccc(C)cc3)cc2)cc1. The number of esters is 1. The third-order valence-corrected chi connectivity index (χ3v) is 4.56. The number of benzene rings is 3. The molecule has 0 bridgehead atoms. The van der Waals surface area contributed by atoms with E-state index in [1.807, 2.05) is 36.4 Å². The first-order valence-electron chi connectivity index (χ1n) is 9.78. The van der Waals surface area contributed by atoms with Gasteiger partial charge < -0.3 is 9.47 Å². The summed E-state index contributed by atoms with van der Waals surface area (Å²) in [5, 5.41) is 0. The van der Waals surface area contributed by atoms with Crippen LogP contribution in [0.2, 0.25) is 0 Å². The molecular weight excluding hydrogens is 348 g/mol. The highest BCUT2D eigenvalue weighted by Crippen LogP contribution is 2.23. The summed E-state index contributed by atoms with van der Waals surface area (Å²) in [6, 6.07) is 23.0. The molecule has 0 aliphatic carbocycles. The van der Waals surface area contributed by atoms with E-state index in [1.54, 1.807) is 12.1 Å². The lowest BCUT2D eigenvalue weighted by atomic mass is 10.0. The molecule has 0 radical (unpaired) electrons. The first-order valence-corrected chi connectivity index (χ1v) is 9.78. The number of ether oxygens (including phenoxy) is 2. The van der Waals surface area contributed by atoms with Crippen molar-refractivity contribution >= 4 is 5.97 Å². The van der Waals surface area contributed by atoms with Crippen LogP contribution >= 0.6 is 0 Å². The maximum atomic E-state index is 12.4. The summed E-state index contributed by atoms with van der Waals surface area (Å²) >= 11 is 0. The highest BCUT2D eigenvalue weighted by atomic mass is 16.5.